The van der Waals surface area contributed by atoms with Crippen molar-refractivity contribution in [2.24, 2.45) is 10.9 Å². The Balaban J connectivity index is 0.000000677. The van der Waals surface area contributed by atoms with E-state index in [1.54, 1.807) is 12.1 Å². The molecule has 1 atom stereocenters. The topological polar surface area (TPSA) is 119 Å². The van der Waals surface area contributed by atoms with Crippen molar-refractivity contribution in [3.63, 3.8) is 0 Å². The molecule has 6 nitrogen and oxygen atoms in total. The first-order valence-electron chi connectivity index (χ1n) is 5.44. The van der Waals surface area contributed by atoms with E-state index in [1.165, 1.54) is 10.9 Å². The molecule has 0 saturated heterocycles. The molecule has 0 aliphatic heterocycles. The van der Waals surface area contributed by atoms with Gasteiger partial charge in [0.2, 0.25) is 4.90 Å². The van der Waals surface area contributed by atoms with E-state index in [4.69, 9.17) is 34.1 Å². The van der Waals surface area contributed by atoms with Crippen LogP contribution in [0.2, 0.25) is 10.0 Å². The molecule has 6 N–H and O–H groups in total. The fourth-order valence-corrected chi connectivity index (χ4v) is 2.77. The van der Waals surface area contributed by atoms with Gasteiger partial charge in [-0.05, 0) is 24.6 Å². The van der Waals surface area contributed by atoms with Crippen molar-refractivity contribution in [2.45, 2.75) is 11.8 Å². The molecule has 10 heteroatoms. The first-order chi connectivity index (χ1) is 9.83. The lowest BCUT2D eigenvalue weighted by Gasteiger charge is -2.10. The van der Waals surface area contributed by atoms with Crippen LogP contribution in [0.1, 0.15) is 5.56 Å². The van der Waals surface area contributed by atoms with E-state index in [0.29, 0.717) is 15.7 Å². The number of nitrogen functional groups attached to an aromatic ring is 1. The Morgan fingerprint density at radius 1 is 1.38 bits per heavy atom. The predicted molar refractivity (Wildman–Crippen MR) is 91.2 cm³/mol. The van der Waals surface area contributed by atoms with Crippen LogP contribution in [-0.4, -0.2) is 19.8 Å². The van der Waals surface area contributed by atoms with Gasteiger partial charge < -0.3 is 16.0 Å². The Kier molecular flexibility index (Phi) is 6.72. The molecule has 0 bridgehead atoms. The van der Waals surface area contributed by atoms with Crippen LogP contribution in [0.15, 0.2) is 23.2 Å². The van der Waals surface area contributed by atoms with Crippen LogP contribution < -0.4 is 16.6 Å². The zero-order valence-corrected chi connectivity index (χ0v) is 14.1. The van der Waals surface area contributed by atoms with Crippen LogP contribution in [0.25, 0.3) is 5.69 Å². The van der Waals surface area contributed by atoms with E-state index < -0.39 is 11.4 Å². The van der Waals surface area contributed by atoms with Gasteiger partial charge in [-0.1, -0.05) is 35.4 Å². The first-order valence-corrected chi connectivity index (χ1v) is 7.88. The Morgan fingerprint density at radius 3 is 2.24 bits per heavy atom. The van der Waals surface area contributed by atoms with Crippen molar-refractivity contribution in [3.8, 4) is 5.69 Å². The quantitative estimate of drug-likeness (QED) is 0.552. The molecule has 0 amide bonds. The summed E-state index contributed by atoms with van der Waals surface area (Å²) in [5, 5.41) is 10.1. The second-order valence-corrected chi connectivity index (χ2v) is 5.94. The highest BCUT2D eigenvalue weighted by Crippen LogP contribution is 2.32. The lowest BCUT2D eigenvalue weighted by molar-refractivity contribution is 0.597. The number of nitrogens with zero attached hydrogens (tertiary/aromatic N) is 2. The largest absolute Gasteiger partial charge is 0.593 e. The third-order valence-corrected chi connectivity index (χ3v) is 3.69. The SMILES string of the molecule is Cc1cc(Cl)c(-n2ncc([S+](N)[O-])c2N)c(Cl)c1.NC=S. The highest BCUT2D eigenvalue weighted by Gasteiger charge is 2.21. The zero-order valence-electron chi connectivity index (χ0n) is 10.9. The van der Waals surface area contributed by atoms with Gasteiger partial charge in [0.25, 0.3) is 0 Å². The summed E-state index contributed by atoms with van der Waals surface area (Å²) in [5.74, 6) is 0.156. The number of halogens is 2. The summed E-state index contributed by atoms with van der Waals surface area (Å²) >= 11 is 14.6. The second-order valence-electron chi connectivity index (χ2n) is 3.82. The van der Waals surface area contributed by atoms with Crippen molar-refractivity contribution in [1.29, 1.82) is 0 Å². The predicted octanol–water partition coefficient (Wildman–Crippen LogP) is 1.95. The van der Waals surface area contributed by atoms with E-state index in [2.05, 4.69) is 23.1 Å². The molecule has 21 heavy (non-hydrogen) atoms. The van der Waals surface area contributed by atoms with Gasteiger partial charge in [-0.3, -0.25) is 0 Å². The van der Waals surface area contributed by atoms with Gasteiger partial charge in [0, 0.05) is 0 Å². The number of nitrogens with two attached hydrogens (primary N) is 3. The Bertz CT molecular complexity index is 625. The van der Waals surface area contributed by atoms with E-state index in [0.717, 1.165) is 11.1 Å². The highest BCUT2D eigenvalue weighted by molar-refractivity contribution is 7.89. The van der Waals surface area contributed by atoms with Gasteiger partial charge in [-0.2, -0.15) is 5.10 Å². The Hall–Kier alpha value is -1.03. The van der Waals surface area contributed by atoms with Crippen LogP contribution in [0.5, 0.6) is 0 Å². The van der Waals surface area contributed by atoms with E-state index in [1.807, 2.05) is 6.92 Å². The summed E-state index contributed by atoms with van der Waals surface area (Å²) in [6.45, 7) is 1.87. The molecule has 0 spiro atoms. The molecule has 0 aliphatic carbocycles. The maximum atomic E-state index is 11.2. The molecule has 0 radical (unpaired) electrons. The molecule has 1 aromatic heterocycles. The maximum Gasteiger partial charge on any atom is 0.235 e. The van der Waals surface area contributed by atoms with Gasteiger partial charge in [-0.15, -0.1) is 5.14 Å². The lowest BCUT2D eigenvalue weighted by atomic mass is 10.2. The molecule has 0 fully saturated rings. The van der Waals surface area contributed by atoms with Gasteiger partial charge >= 0.3 is 0 Å². The van der Waals surface area contributed by atoms with Gasteiger partial charge in [-0.25, -0.2) is 4.68 Å². The minimum absolute atomic E-state index is 0.156. The molecule has 1 heterocycles. The molecule has 2 rings (SSSR count). The van der Waals surface area contributed by atoms with E-state index >= 15 is 0 Å². The number of aromatic nitrogens is 2. The summed E-state index contributed by atoms with van der Waals surface area (Å²) in [4.78, 5) is 0.239. The first kappa shape index (κ1) is 18.0. The number of anilines is 1. The third-order valence-electron chi connectivity index (χ3n) is 2.36. The summed E-state index contributed by atoms with van der Waals surface area (Å²) < 4.78 is 12.5. The fraction of sp³-hybridized carbons (Fsp3) is 0.0909. The van der Waals surface area contributed by atoms with E-state index in [9.17, 15) is 4.55 Å². The normalized spacial score (nSPS) is 11.5. The molecule has 1 unspecified atom stereocenters. The monoisotopic (exact) mass is 365 g/mol. The van der Waals surface area contributed by atoms with Crippen molar-refractivity contribution < 1.29 is 4.55 Å². The molecular weight excluding hydrogens is 353 g/mol. The van der Waals surface area contributed by atoms with Crippen LogP contribution >= 0.6 is 35.4 Å². The smallest absolute Gasteiger partial charge is 0.235 e. The molecular formula is C11H13Cl2N5OS2. The average Bonchev–Trinajstić information content (AvgIpc) is 2.71. The number of hydrogen-bond donors (Lipinski definition) is 3. The van der Waals surface area contributed by atoms with Crippen LogP contribution in [0, 0.1) is 6.92 Å². The summed E-state index contributed by atoms with van der Waals surface area (Å²) in [5.41, 5.74) is 12.8. The summed E-state index contributed by atoms with van der Waals surface area (Å²) in [6, 6.07) is 3.48. The van der Waals surface area contributed by atoms with Crippen molar-refractivity contribution in [3.05, 3.63) is 33.9 Å². The van der Waals surface area contributed by atoms with Gasteiger partial charge in [0.1, 0.15) is 11.9 Å². The minimum atomic E-state index is -1.71. The molecule has 2 aromatic rings. The molecule has 0 saturated carbocycles. The van der Waals surface area contributed by atoms with Gasteiger partial charge in [0.15, 0.2) is 5.82 Å². The molecule has 114 valence electrons. The van der Waals surface area contributed by atoms with E-state index in [-0.39, 0.29) is 10.7 Å². The standard InChI is InChI=1S/C10H10Cl2N4OS.CH3NS/c1-5-2-6(11)9(7(12)3-5)16-10(13)8(4-15-16)18(14)17;2-1-3/h2-4H,13-14H2,1H3;1H,(H2,2,3). The van der Waals surface area contributed by atoms with Gasteiger partial charge in [0.05, 0.1) is 26.9 Å². The van der Waals surface area contributed by atoms with Crippen molar-refractivity contribution >= 4 is 58.1 Å². The third kappa shape index (κ3) is 4.22. The number of aryl methyl sites for hydroxylation is 1. The lowest BCUT2D eigenvalue weighted by Crippen LogP contribution is -2.14. The van der Waals surface area contributed by atoms with Crippen LogP contribution in [0.4, 0.5) is 5.82 Å². The number of thiocarbonyl (C=S) groups is 1. The molecule has 1 aromatic carbocycles. The highest BCUT2D eigenvalue weighted by atomic mass is 35.5. The number of benzene rings is 1. The van der Waals surface area contributed by atoms with Crippen molar-refractivity contribution in [1.82, 2.24) is 9.78 Å². The minimum Gasteiger partial charge on any atom is -0.593 e. The fourth-order valence-electron chi connectivity index (χ4n) is 1.57. The number of rotatable bonds is 2. The summed E-state index contributed by atoms with van der Waals surface area (Å²) in [7, 11) is 0. The molecule has 0 aliphatic rings. The Labute approximate surface area is 140 Å². The van der Waals surface area contributed by atoms with Crippen LogP contribution in [0.3, 0.4) is 0 Å². The zero-order chi connectivity index (χ0) is 16.2. The number of hydrogen-bond acceptors (Lipinski definition) is 5. The Morgan fingerprint density at radius 2 is 1.86 bits per heavy atom. The average molecular weight is 366 g/mol. The van der Waals surface area contributed by atoms with Crippen LogP contribution in [-0.2, 0) is 11.4 Å². The second kappa shape index (κ2) is 7.83. The summed E-state index contributed by atoms with van der Waals surface area (Å²) in [6.07, 6.45) is 1.33. The maximum absolute atomic E-state index is 11.2. The van der Waals surface area contributed by atoms with Crippen molar-refractivity contribution in [2.75, 3.05) is 5.73 Å².